The number of nitrogens with one attached hydrogen (secondary N) is 1. The van der Waals surface area contributed by atoms with E-state index in [2.05, 4.69) is 12.2 Å². The number of fused-ring (bicyclic) bond motifs is 1. The molecule has 1 aromatic rings. The summed E-state index contributed by atoms with van der Waals surface area (Å²) in [5.41, 5.74) is 2.46. The second kappa shape index (κ2) is 5.05. The second-order valence-corrected chi connectivity index (χ2v) is 6.49. The van der Waals surface area contributed by atoms with Gasteiger partial charge in [0.2, 0.25) is 5.91 Å². The smallest absolute Gasteiger partial charge is 0.228 e. The summed E-state index contributed by atoms with van der Waals surface area (Å²) in [6.45, 7) is 2.14. The molecule has 1 unspecified atom stereocenters. The minimum Gasteiger partial charge on any atom is -0.388 e. The number of carbonyl (C=O) groups is 1. The van der Waals surface area contributed by atoms with Crippen molar-refractivity contribution in [3.8, 4) is 0 Å². The van der Waals surface area contributed by atoms with Crippen LogP contribution in [0.5, 0.6) is 0 Å². The van der Waals surface area contributed by atoms with E-state index in [0.29, 0.717) is 11.4 Å². The molecule has 0 radical (unpaired) electrons. The Morgan fingerprint density at radius 2 is 2.10 bits per heavy atom. The van der Waals surface area contributed by atoms with E-state index < -0.39 is 6.10 Å². The van der Waals surface area contributed by atoms with Crippen molar-refractivity contribution in [3.05, 3.63) is 28.3 Å². The van der Waals surface area contributed by atoms with Gasteiger partial charge in [-0.2, -0.15) is 0 Å². The van der Waals surface area contributed by atoms with Gasteiger partial charge in [0.15, 0.2) is 0 Å². The monoisotopic (exact) mass is 293 g/mol. The standard InChI is InChI=1S/C16H20ClNO2/c1-2-16(5-3-4-6-16)15(20)11-7-10-8-14(19)18-13(10)9-12(11)17/h7,9,15,20H,2-6,8H2,1H3,(H,18,19). The summed E-state index contributed by atoms with van der Waals surface area (Å²) >= 11 is 6.34. The van der Waals surface area contributed by atoms with E-state index in [-0.39, 0.29) is 11.3 Å². The third-order valence-corrected chi connectivity index (χ3v) is 5.35. The molecule has 4 heteroatoms. The first kappa shape index (κ1) is 13.9. The van der Waals surface area contributed by atoms with Gasteiger partial charge < -0.3 is 10.4 Å². The topological polar surface area (TPSA) is 49.3 Å². The molecule has 0 spiro atoms. The molecule has 0 saturated heterocycles. The van der Waals surface area contributed by atoms with Gasteiger partial charge in [-0.25, -0.2) is 0 Å². The number of hydrogen-bond donors (Lipinski definition) is 2. The quantitative estimate of drug-likeness (QED) is 0.889. The molecule has 0 aromatic heterocycles. The largest absolute Gasteiger partial charge is 0.388 e. The van der Waals surface area contributed by atoms with Crippen LogP contribution in [0.25, 0.3) is 0 Å². The lowest BCUT2D eigenvalue weighted by molar-refractivity contribution is -0.115. The number of halogens is 1. The first-order valence-electron chi connectivity index (χ1n) is 7.36. The van der Waals surface area contributed by atoms with Crippen molar-refractivity contribution >= 4 is 23.2 Å². The number of hydrogen-bond acceptors (Lipinski definition) is 2. The summed E-state index contributed by atoms with van der Waals surface area (Å²) in [6, 6.07) is 3.69. The lowest BCUT2D eigenvalue weighted by atomic mass is 9.75. The van der Waals surface area contributed by atoms with Crippen molar-refractivity contribution < 1.29 is 9.90 Å². The van der Waals surface area contributed by atoms with Crippen LogP contribution in [-0.4, -0.2) is 11.0 Å². The maximum atomic E-state index is 11.5. The minimum absolute atomic E-state index is 0.00576. The molecule has 20 heavy (non-hydrogen) atoms. The van der Waals surface area contributed by atoms with Crippen LogP contribution in [0.1, 0.15) is 56.3 Å². The maximum absolute atomic E-state index is 11.5. The average Bonchev–Trinajstić information content (AvgIpc) is 3.03. The lowest BCUT2D eigenvalue weighted by Crippen LogP contribution is -2.25. The maximum Gasteiger partial charge on any atom is 0.228 e. The molecule has 1 aliphatic heterocycles. The van der Waals surface area contributed by atoms with Crippen LogP contribution in [0.4, 0.5) is 5.69 Å². The molecule has 3 rings (SSSR count). The Morgan fingerprint density at radius 1 is 1.40 bits per heavy atom. The van der Waals surface area contributed by atoms with Crippen LogP contribution >= 0.6 is 11.6 Å². The SMILES string of the molecule is CCC1(C(O)c2cc3c(cc2Cl)NC(=O)C3)CCCC1. The highest BCUT2D eigenvalue weighted by molar-refractivity contribution is 6.32. The highest BCUT2D eigenvalue weighted by atomic mass is 35.5. The number of anilines is 1. The zero-order valence-electron chi connectivity index (χ0n) is 11.7. The molecule has 2 N–H and O–H groups in total. The Labute approximate surface area is 124 Å². The number of rotatable bonds is 3. The van der Waals surface area contributed by atoms with Gasteiger partial charge in [0, 0.05) is 21.7 Å². The molecule has 1 heterocycles. The van der Waals surface area contributed by atoms with E-state index in [1.807, 2.05) is 6.07 Å². The van der Waals surface area contributed by atoms with E-state index in [1.165, 1.54) is 12.8 Å². The Morgan fingerprint density at radius 3 is 2.75 bits per heavy atom. The van der Waals surface area contributed by atoms with Crippen LogP contribution < -0.4 is 5.32 Å². The van der Waals surface area contributed by atoms with Gasteiger partial charge >= 0.3 is 0 Å². The highest BCUT2D eigenvalue weighted by Crippen LogP contribution is 2.51. The van der Waals surface area contributed by atoms with E-state index in [1.54, 1.807) is 6.07 Å². The highest BCUT2D eigenvalue weighted by Gasteiger charge is 2.40. The van der Waals surface area contributed by atoms with E-state index >= 15 is 0 Å². The second-order valence-electron chi connectivity index (χ2n) is 6.08. The fourth-order valence-electron chi connectivity index (χ4n) is 3.71. The van der Waals surface area contributed by atoms with Crippen molar-refractivity contribution in [2.24, 2.45) is 5.41 Å². The Bertz CT molecular complexity index is 550. The van der Waals surface area contributed by atoms with Gasteiger partial charge in [-0.05, 0) is 37.0 Å². The summed E-state index contributed by atoms with van der Waals surface area (Å²) in [4.78, 5) is 11.5. The molecule has 1 atom stereocenters. The predicted octanol–water partition coefficient (Wildman–Crippen LogP) is 3.84. The molecule has 1 fully saturated rings. The summed E-state index contributed by atoms with van der Waals surface area (Å²) < 4.78 is 0. The molecule has 2 aliphatic rings. The van der Waals surface area contributed by atoms with Crippen molar-refractivity contribution in [1.29, 1.82) is 0 Å². The molecular weight excluding hydrogens is 274 g/mol. The third kappa shape index (κ3) is 2.13. The first-order chi connectivity index (χ1) is 9.55. The van der Waals surface area contributed by atoms with Crippen LogP contribution in [0, 0.1) is 5.41 Å². The van der Waals surface area contributed by atoms with Crippen molar-refractivity contribution in [2.45, 2.75) is 51.6 Å². The van der Waals surface area contributed by atoms with Crippen molar-refractivity contribution in [2.75, 3.05) is 5.32 Å². The zero-order chi connectivity index (χ0) is 14.3. The number of amides is 1. The van der Waals surface area contributed by atoms with Crippen LogP contribution in [-0.2, 0) is 11.2 Å². The molecule has 1 amide bonds. The molecule has 0 bridgehead atoms. The van der Waals surface area contributed by atoms with Gasteiger partial charge in [0.05, 0.1) is 12.5 Å². The summed E-state index contributed by atoms with van der Waals surface area (Å²) in [5, 5.41) is 14.2. The fourth-order valence-corrected chi connectivity index (χ4v) is 3.97. The number of aliphatic hydroxyl groups is 1. The Kier molecular flexibility index (Phi) is 3.51. The molecule has 1 aliphatic carbocycles. The minimum atomic E-state index is -0.538. The lowest BCUT2D eigenvalue weighted by Gasteiger charge is -2.34. The number of carbonyl (C=O) groups excluding carboxylic acids is 1. The number of benzene rings is 1. The fraction of sp³-hybridized carbons (Fsp3) is 0.562. The van der Waals surface area contributed by atoms with Crippen molar-refractivity contribution in [3.63, 3.8) is 0 Å². The first-order valence-corrected chi connectivity index (χ1v) is 7.74. The normalized spacial score (nSPS) is 21.6. The third-order valence-electron chi connectivity index (χ3n) is 5.03. The molecule has 3 nitrogen and oxygen atoms in total. The average molecular weight is 294 g/mol. The molecule has 108 valence electrons. The van der Waals surface area contributed by atoms with Gasteiger partial charge in [-0.15, -0.1) is 0 Å². The summed E-state index contributed by atoms with van der Waals surface area (Å²) in [6.07, 6.45) is 5.25. The van der Waals surface area contributed by atoms with Gasteiger partial charge in [0.1, 0.15) is 0 Å². The predicted molar refractivity (Wildman–Crippen MR) is 79.9 cm³/mol. The van der Waals surface area contributed by atoms with Crippen LogP contribution in [0.2, 0.25) is 5.02 Å². The van der Waals surface area contributed by atoms with E-state index in [0.717, 1.165) is 36.1 Å². The Balaban J connectivity index is 1.98. The molecule has 1 aromatic carbocycles. The zero-order valence-corrected chi connectivity index (χ0v) is 12.5. The van der Waals surface area contributed by atoms with Gasteiger partial charge in [0.25, 0.3) is 0 Å². The molecule has 1 saturated carbocycles. The van der Waals surface area contributed by atoms with Crippen molar-refractivity contribution in [1.82, 2.24) is 0 Å². The summed E-state index contributed by atoms with van der Waals surface area (Å²) in [7, 11) is 0. The van der Waals surface area contributed by atoms with Crippen LogP contribution in [0.15, 0.2) is 12.1 Å². The number of aliphatic hydroxyl groups excluding tert-OH is 1. The van der Waals surface area contributed by atoms with Gasteiger partial charge in [-0.3, -0.25) is 4.79 Å². The van der Waals surface area contributed by atoms with E-state index in [4.69, 9.17) is 11.6 Å². The van der Waals surface area contributed by atoms with Gasteiger partial charge in [-0.1, -0.05) is 31.4 Å². The van der Waals surface area contributed by atoms with Crippen LogP contribution in [0.3, 0.4) is 0 Å². The molecular formula is C16H20ClNO2. The van der Waals surface area contributed by atoms with E-state index in [9.17, 15) is 9.90 Å². The summed E-state index contributed by atoms with van der Waals surface area (Å²) in [5.74, 6) is -0.00576. The Hall–Kier alpha value is -1.06.